The lowest BCUT2D eigenvalue weighted by Gasteiger charge is -2.18. The van der Waals surface area contributed by atoms with Gasteiger partial charge in [-0.05, 0) is 61.7 Å². The molecule has 26 heavy (non-hydrogen) atoms. The number of aliphatic hydroxyl groups excluding tert-OH is 1. The van der Waals surface area contributed by atoms with E-state index < -0.39 is 12.7 Å². The molecule has 4 nitrogen and oxygen atoms in total. The Hall–Kier alpha value is -2.18. The molecule has 2 rings (SSSR count). The van der Waals surface area contributed by atoms with Crippen LogP contribution in [0.25, 0.3) is 0 Å². The van der Waals surface area contributed by atoms with Gasteiger partial charge in [0, 0.05) is 12.6 Å². The third-order valence-electron chi connectivity index (χ3n) is 3.90. The number of ether oxygens (including phenoxy) is 2. The Balaban J connectivity index is 1.78. The van der Waals surface area contributed by atoms with Gasteiger partial charge in [0.1, 0.15) is 24.2 Å². The van der Waals surface area contributed by atoms with Crippen LogP contribution in [0.5, 0.6) is 11.5 Å². The fourth-order valence-electron chi connectivity index (χ4n) is 2.64. The summed E-state index contributed by atoms with van der Waals surface area (Å²) in [5.41, 5.74) is 3.13. The van der Waals surface area contributed by atoms with Gasteiger partial charge in [-0.2, -0.15) is 8.78 Å². The summed E-state index contributed by atoms with van der Waals surface area (Å²) in [7, 11) is 0. The Morgan fingerprint density at radius 3 is 2.19 bits per heavy atom. The number of hydrogen-bond acceptors (Lipinski definition) is 4. The Labute approximate surface area is 152 Å². The van der Waals surface area contributed by atoms with E-state index in [1.165, 1.54) is 12.1 Å². The van der Waals surface area contributed by atoms with Crippen LogP contribution in [0.1, 0.15) is 29.7 Å². The van der Waals surface area contributed by atoms with Crippen LogP contribution in [-0.4, -0.2) is 31.0 Å². The zero-order valence-corrected chi connectivity index (χ0v) is 15.2. The van der Waals surface area contributed by atoms with Gasteiger partial charge in [-0.15, -0.1) is 0 Å². The number of hydrogen-bond donors (Lipinski definition) is 2. The van der Waals surface area contributed by atoms with Crippen LogP contribution in [0, 0.1) is 13.8 Å². The van der Waals surface area contributed by atoms with Crippen molar-refractivity contribution in [1.82, 2.24) is 5.32 Å². The molecule has 0 aliphatic heterocycles. The molecule has 0 radical (unpaired) electrons. The average molecular weight is 365 g/mol. The molecule has 2 N–H and O–H groups in total. The van der Waals surface area contributed by atoms with E-state index in [4.69, 9.17) is 4.74 Å². The van der Waals surface area contributed by atoms with Gasteiger partial charge in [0.2, 0.25) is 0 Å². The van der Waals surface area contributed by atoms with Gasteiger partial charge >= 0.3 is 6.61 Å². The minimum absolute atomic E-state index is 0.0496. The van der Waals surface area contributed by atoms with Crippen molar-refractivity contribution in [3.63, 3.8) is 0 Å². The van der Waals surface area contributed by atoms with E-state index in [1.807, 2.05) is 32.9 Å². The summed E-state index contributed by atoms with van der Waals surface area (Å²) in [5, 5.41) is 13.3. The molecule has 2 aromatic carbocycles. The van der Waals surface area contributed by atoms with Crippen LogP contribution in [-0.2, 0) is 0 Å². The molecular weight excluding hydrogens is 340 g/mol. The van der Waals surface area contributed by atoms with E-state index in [-0.39, 0.29) is 18.4 Å². The topological polar surface area (TPSA) is 50.7 Å². The van der Waals surface area contributed by atoms with Gasteiger partial charge in [0.05, 0.1) is 0 Å². The van der Waals surface area contributed by atoms with Crippen LogP contribution >= 0.6 is 0 Å². The molecule has 2 aromatic rings. The normalized spacial score (nSPS) is 13.5. The van der Waals surface area contributed by atoms with Crippen LogP contribution in [0.15, 0.2) is 42.5 Å². The van der Waals surface area contributed by atoms with Gasteiger partial charge < -0.3 is 19.9 Å². The smallest absolute Gasteiger partial charge is 0.387 e. The summed E-state index contributed by atoms with van der Waals surface area (Å²) in [4.78, 5) is 0. The summed E-state index contributed by atoms with van der Waals surface area (Å²) in [6.45, 7) is 3.63. The van der Waals surface area contributed by atoms with Crippen molar-refractivity contribution in [2.45, 2.75) is 39.5 Å². The molecule has 2 atom stereocenters. The average Bonchev–Trinajstić information content (AvgIpc) is 2.57. The standard InChI is InChI=1S/C20H25F2NO3/c1-13-8-14(2)10-19(9-13)25-12-17(24)11-23-15(3)16-4-6-18(7-5-16)26-20(21)22/h4-10,15,17,20,23-24H,11-12H2,1-3H3. The molecule has 0 heterocycles. The quantitative estimate of drug-likeness (QED) is 0.705. The maximum Gasteiger partial charge on any atom is 0.387 e. The highest BCUT2D eigenvalue weighted by molar-refractivity contribution is 5.33. The number of rotatable bonds is 9. The second-order valence-corrected chi connectivity index (χ2v) is 6.37. The fourth-order valence-corrected chi connectivity index (χ4v) is 2.64. The van der Waals surface area contributed by atoms with Gasteiger partial charge in [0.25, 0.3) is 0 Å². The van der Waals surface area contributed by atoms with E-state index in [1.54, 1.807) is 12.1 Å². The first kappa shape index (κ1) is 20.1. The van der Waals surface area contributed by atoms with E-state index in [2.05, 4.69) is 16.1 Å². The minimum atomic E-state index is -2.83. The van der Waals surface area contributed by atoms with Gasteiger partial charge in [-0.3, -0.25) is 0 Å². The van der Waals surface area contributed by atoms with Crippen LogP contribution in [0.4, 0.5) is 8.78 Å². The highest BCUT2D eigenvalue weighted by Gasteiger charge is 2.11. The lowest BCUT2D eigenvalue weighted by atomic mass is 10.1. The minimum Gasteiger partial charge on any atom is -0.491 e. The van der Waals surface area contributed by atoms with Gasteiger partial charge in [-0.25, -0.2) is 0 Å². The van der Waals surface area contributed by atoms with E-state index >= 15 is 0 Å². The SMILES string of the molecule is Cc1cc(C)cc(OCC(O)CNC(C)c2ccc(OC(F)F)cc2)c1. The number of nitrogens with one attached hydrogen (secondary N) is 1. The molecule has 2 unspecified atom stereocenters. The predicted molar refractivity (Wildman–Crippen MR) is 96.9 cm³/mol. The van der Waals surface area contributed by atoms with Crippen LogP contribution in [0.2, 0.25) is 0 Å². The first-order valence-corrected chi connectivity index (χ1v) is 8.51. The summed E-state index contributed by atoms with van der Waals surface area (Å²) < 4.78 is 34.3. The first-order chi connectivity index (χ1) is 12.3. The molecule has 0 bridgehead atoms. The third kappa shape index (κ3) is 6.61. The van der Waals surface area contributed by atoms with Gasteiger partial charge in [0.15, 0.2) is 0 Å². The Morgan fingerprint density at radius 1 is 1.00 bits per heavy atom. The van der Waals surface area contributed by atoms with Gasteiger partial charge in [-0.1, -0.05) is 18.2 Å². The summed E-state index contributed by atoms with van der Waals surface area (Å²) in [6, 6.07) is 12.3. The lowest BCUT2D eigenvalue weighted by Crippen LogP contribution is -2.33. The summed E-state index contributed by atoms with van der Waals surface area (Å²) in [5.74, 6) is 0.863. The van der Waals surface area contributed by atoms with E-state index in [0.717, 1.165) is 22.4 Å². The monoisotopic (exact) mass is 365 g/mol. The van der Waals surface area contributed by atoms with Crippen molar-refractivity contribution in [2.24, 2.45) is 0 Å². The highest BCUT2D eigenvalue weighted by atomic mass is 19.3. The zero-order chi connectivity index (χ0) is 19.1. The number of benzene rings is 2. The second kappa shape index (κ2) is 9.50. The van der Waals surface area contributed by atoms with Crippen molar-refractivity contribution < 1.29 is 23.4 Å². The molecule has 142 valence electrons. The number of aryl methyl sites for hydroxylation is 2. The van der Waals surface area contributed by atoms with Crippen molar-refractivity contribution in [3.05, 3.63) is 59.2 Å². The number of alkyl halides is 2. The number of halogens is 2. The second-order valence-electron chi connectivity index (χ2n) is 6.37. The van der Waals surface area contributed by atoms with E-state index in [9.17, 15) is 13.9 Å². The first-order valence-electron chi connectivity index (χ1n) is 8.51. The molecule has 0 amide bonds. The zero-order valence-electron chi connectivity index (χ0n) is 15.2. The van der Waals surface area contributed by atoms with Crippen LogP contribution in [0.3, 0.4) is 0 Å². The molecule has 6 heteroatoms. The Morgan fingerprint density at radius 2 is 1.62 bits per heavy atom. The maximum atomic E-state index is 12.2. The molecule has 0 aromatic heterocycles. The fraction of sp³-hybridized carbons (Fsp3) is 0.400. The predicted octanol–water partition coefficient (Wildman–Crippen LogP) is 4.00. The maximum absolute atomic E-state index is 12.2. The highest BCUT2D eigenvalue weighted by Crippen LogP contribution is 2.19. The summed E-state index contributed by atoms with van der Waals surface area (Å²) in [6.07, 6.45) is -0.667. The van der Waals surface area contributed by atoms with E-state index in [0.29, 0.717) is 6.54 Å². The van der Waals surface area contributed by atoms with Crippen molar-refractivity contribution in [3.8, 4) is 11.5 Å². The Bertz CT molecular complexity index is 672. The largest absolute Gasteiger partial charge is 0.491 e. The molecule has 0 saturated heterocycles. The van der Waals surface area contributed by atoms with Crippen LogP contribution < -0.4 is 14.8 Å². The molecule has 0 aliphatic carbocycles. The molecule has 0 spiro atoms. The number of aliphatic hydroxyl groups is 1. The lowest BCUT2D eigenvalue weighted by molar-refractivity contribution is -0.0498. The van der Waals surface area contributed by atoms with Crippen molar-refractivity contribution in [1.29, 1.82) is 0 Å². The molecular formula is C20H25F2NO3. The Kier molecular flexibility index (Phi) is 7.36. The summed E-state index contributed by atoms with van der Waals surface area (Å²) >= 11 is 0. The molecule has 0 saturated carbocycles. The third-order valence-corrected chi connectivity index (χ3v) is 3.90. The molecule has 0 fully saturated rings. The van der Waals surface area contributed by atoms with Crippen molar-refractivity contribution >= 4 is 0 Å². The molecule has 0 aliphatic rings. The van der Waals surface area contributed by atoms with Crippen molar-refractivity contribution in [2.75, 3.05) is 13.2 Å².